The van der Waals surface area contributed by atoms with Gasteiger partial charge in [-0.3, -0.25) is 9.59 Å². The van der Waals surface area contributed by atoms with Gasteiger partial charge in [0.05, 0.1) is 17.4 Å². The third kappa shape index (κ3) is 4.61. The molecule has 0 aliphatic carbocycles. The van der Waals surface area contributed by atoms with Gasteiger partial charge in [-0.25, -0.2) is 0 Å². The summed E-state index contributed by atoms with van der Waals surface area (Å²) in [5.41, 5.74) is 3.23. The topological polar surface area (TPSA) is 92.4 Å². The zero-order valence-corrected chi connectivity index (χ0v) is 14.6. The normalized spacial score (nSPS) is 12.0. The number of thioether (sulfide) groups is 1. The number of carbonyl (C=O) groups is 2. The highest BCUT2D eigenvalue weighted by Crippen LogP contribution is 2.21. The fourth-order valence-electron chi connectivity index (χ4n) is 2.15. The zero-order chi connectivity index (χ0) is 17.7. The average molecular weight is 348 g/mol. The van der Waals surface area contributed by atoms with Crippen LogP contribution in [0, 0.1) is 13.8 Å². The Hall–Kier alpha value is -2.28. The van der Waals surface area contributed by atoms with Crippen molar-refractivity contribution in [1.29, 1.82) is 0 Å². The van der Waals surface area contributed by atoms with E-state index in [4.69, 9.17) is 9.63 Å². The lowest BCUT2D eigenvalue weighted by atomic mass is 10.0. The van der Waals surface area contributed by atoms with E-state index < -0.39 is 11.9 Å². The van der Waals surface area contributed by atoms with Gasteiger partial charge in [-0.2, -0.15) is 0 Å². The maximum absolute atomic E-state index is 12.0. The molecule has 0 saturated heterocycles. The molecule has 2 rings (SSSR count). The van der Waals surface area contributed by atoms with Gasteiger partial charge in [0.15, 0.2) is 0 Å². The second kappa shape index (κ2) is 8.01. The first-order chi connectivity index (χ1) is 11.4. The summed E-state index contributed by atoms with van der Waals surface area (Å²) in [6, 6.07) is 6.86. The standard InChI is InChI=1S/C17H20N2O4S/c1-10(17(21)22)13-4-6-14(7-5-13)18-16(20)9-24-8-15-11(2)19-23-12(15)3/h4-7,10H,8-9H2,1-3H3,(H,18,20)(H,21,22). The van der Waals surface area contributed by atoms with Crippen LogP contribution in [0.5, 0.6) is 0 Å². The monoisotopic (exact) mass is 348 g/mol. The van der Waals surface area contributed by atoms with Crippen molar-refractivity contribution in [2.75, 3.05) is 11.1 Å². The smallest absolute Gasteiger partial charge is 0.310 e. The molecule has 1 aromatic heterocycles. The Morgan fingerprint density at radius 3 is 2.50 bits per heavy atom. The van der Waals surface area contributed by atoms with E-state index >= 15 is 0 Å². The average Bonchev–Trinajstić information content (AvgIpc) is 2.86. The number of amides is 1. The molecule has 0 saturated carbocycles. The molecule has 1 aromatic carbocycles. The Labute approximate surface area is 144 Å². The Morgan fingerprint density at radius 1 is 1.29 bits per heavy atom. The number of carbonyl (C=O) groups excluding carboxylic acids is 1. The van der Waals surface area contributed by atoms with Crippen LogP contribution in [0.1, 0.15) is 35.4 Å². The number of nitrogens with one attached hydrogen (secondary N) is 1. The van der Waals surface area contributed by atoms with E-state index in [0.29, 0.717) is 22.8 Å². The highest BCUT2D eigenvalue weighted by molar-refractivity contribution is 7.99. The number of carboxylic acid groups (broad SMARTS) is 1. The van der Waals surface area contributed by atoms with Gasteiger partial charge >= 0.3 is 5.97 Å². The van der Waals surface area contributed by atoms with E-state index in [9.17, 15) is 9.59 Å². The van der Waals surface area contributed by atoms with Gasteiger partial charge in [-0.15, -0.1) is 11.8 Å². The lowest BCUT2D eigenvalue weighted by Crippen LogP contribution is -2.14. The van der Waals surface area contributed by atoms with Crippen LogP contribution in [0.25, 0.3) is 0 Å². The van der Waals surface area contributed by atoms with Crippen molar-refractivity contribution in [2.45, 2.75) is 32.4 Å². The minimum Gasteiger partial charge on any atom is -0.481 e. The molecule has 0 spiro atoms. The first-order valence-corrected chi connectivity index (χ1v) is 8.66. The number of rotatable bonds is 7. The molecule has 6 nitrogen and oxygen atoms in total. The Kier molecular flexibility index (Phi) is 6.03. The number of hydrogen-bond donors (Lipinski definition) is 2. The summed E-state index contributed by atoms with van der Waals surface area (Å²) < 4.78 is 5.09. The number of aryl methyl sites for hydroxylation is 2. The van der Waals surface area contributed by atoms with Gasteiger partial charge < -0.3 is 14.9 Å². The summed E-state index contributed by atoms with van der Waals surface area (Å²) in [5.74, 6) is 0.221. The van der Waals surface area contributed by atoms with E-state index in [-0.39, 0.29) is 5.91 Å². The Morgan fingerprint density at radius 2 is 1.96 bits per heavy atom. The quantitative estimate of drug-likeness (QED) is 0.797. The van der Waals surface area contributed by atoms with Crippen molar-refractivity contribution in [3.05, 3.63) is 46.8 Å². The molecule has 0 bridgehead atoms. The highest BCUT2D eigenvalue weighted by Gasteiger charge is 2.13. The number of aliphatic carboxylic acids is 1. The third-order valence-electron chi connectivity index (χ3n) is 3.73. The molecule has 0 aliphatic rings. The maximum atomic E-state index is 12.0. The number of nitrogens with zero attached hydrogens (tertiary/aromatic N) is 1. The van der Waals surface area contributed by atoms with Crippen LogP contribution >= 0.6 is 11.8 Å². The number of hydrogen-bond acceptors (Lipinski definition) is 5. The fourth-order valence-corrected chi connectivity index (χ4v) is 3.12. The lowest BCUT2D eigenvalue weighted by Gasteiger charge is -2.09. The van der Waals surface area contributed by atoms with Crippen LogP contribution < -0.4 is 5.32 Å². The summed E-state index contributed by atoms with van der Waals surface area (Å²) in [6.07, 6.45) is 0. The van der Waals surface area contributed by atoms with Crippen LogP contribution in [0.2, 0.25) is 0 Å². The van der Waals surface area contributed by atoms with Crippen LogP contribution in [0.3, 0.4) is 0 Å². The van der Waals surface area contributed by atoms with Gasteiger partial charge in [-0.05, 0) is 38.5 Å². The van der Waals surface area contributed by atoms with Crippen molar-refractivity contribution < 1.29 is 19.2 Å². The van der Waals surface area contributed by atoms with E-state index in [2.05, 4.69) is 10.5 Å². The Balaban J connectivity index is 1.83. The molecule has 0 radical (unpaired) electrons. The van der Waals surface area contributed by atoms with Gasteiger partial charge in [-0.1, -0.05) is 17.3 Å². The summed E-state index contributed by atoms with van der Waals surface area (Å²) in [4.78, 5) is 22.9. The molecule has 1 heterocycles. The Bertz CT molecular complexity index is 705. The van der Waals surface area contributed by atoms with Gasteiger partial charge in [0.2, 0.25) is 5.91 Å². The molecule has 2 N–H and O–H groups in total. The minimum absolute atomic E-state index is 0.106. The lowest BCUT2D eigenvalue weighted by molar-refractivity contribution is -0.138. The summed E-state index contributed by atoms with van der Waals surface area (Å²) in [5, 5.41) is 15.7. The third-order valence-corrected chi connectivity index (χ3v) is 4.68. The zero-order valence-electron chi connectivity index (χ0n) is 13.8. The molecule has 1 atom stereocenters. The van der Waals surface area contributed by atoms with E-state index in [1.54, 1.807) is 31.2 Å². The molecule has 1 unspecified atom stereocenters. The predicted molar refractivity (Wildman–Crippen MR) is 93.3 cm³/mol. The molecule has 128 valence electrons. The van der Waals surface area contributed by atoms with E-state index in [1.165, 1.54) is 11.8 Å². The fraction of sp³-hybridized carbons (Fsp3) is 0.353. The summed E-state index contributed by atoms with van der Waals surface area (Å²) >= 11 is 1.49. The molecule has 2 aromatic rings. The molecule has 24 heavy (non-hydrogen) atoms. The first kappa shape index (κ1) is 18.1. The number of benzene rings is 1. The van der Waals surface area contributed by atoms with Crippen LogP contribution in [-0.4, -0.2) is 27.9 Å². The largest absolute Gasteiger partial charge is 0.481 e. The molecule has 1 amide bonds. The molecule has 7 heteroatoms. The molecule has 0 aliphatic heterocycles. The molecular weight excluding hydrogens is 328 g/mol. The van der Waals surface area contributed by atoms with Crippen molar-refractivity contribution in [3.63, 3.8) is 0 Å². The first-order valence-electron chi connectivity index (χ1n) is 7.50. The number of anilines is 1. The SMILES string of the molecule is Cc1noc(C)c1CSCC(=O)Nc1ccc(C(C)C(=O)O)cc1. The van der Waals surface area contributed by atoms with Gasteiger partial charge in [0, 0.05) is 17.0 Å². The predicted octanol–water partition coefficient (Wildman–Crippen LogP) is 3.35. The molecule has 0 fully saturated rings. The van der Waals surface area contributed by atoms with Crippen molar-refractivity contribution in [3.8, 4) is 0 Å². The summed E-state index contributed by atoms with van der Waals surface area (Å²) in [6.45, 7) is 5.36. The van der Waals surface area contributed by atoms with Crippen LogP contribution in [-0.2, 0) is 15.3 Å². The van der Waals surface area contributed by atoms with Gasteiger partial charge in [0.1, 0.15) is 5.76 Å². The maximum Gasteiger partial charge on any atom is 0.310 e. The number of aromatic nitrogens is 1. The van der Waals surface area contributed by atoms with Crippen molar-refractivity contribution >= 4 is 29.3 Å². The second-order valence-electron chi connectivity index (χ2n) is 5.53. The van der Waals surface area contributed by atoms with E-state index in [0.717, 1.165) is 17.0 Å². The minimum atomic E-state index is -0.873. The number of carboxylic acids is 1. The van der Waals surface area contributed by atoms with Crippen LogP contribution in [0.4, 0.5) is 5.69 Å². The second-order valence-corrected chi connectivity index (χ2v) is 6.51. The van der Waals surface area contributed by atoms with Crippen LogP contribution in [0.15, 0.2) is 28.8 Å². The van der Waals surface area contributed by atoms with Gasteiger partial charge in [0.25, 0.3) is 0 Å². The molecular formula is C17H20N2O4S. The van der Waals surface area contributed by atoms with Crippen molar-refractivity contribution in [1.82, 2.24) is 5.16 Å². The van der Waals surface area contributed by atoms with Crippen molar-refractivity contribution in [2.24, 2.45) is 0 Å². The summed E-state index contributed by atoms with van der Waals surface area (Å²) in [7, 11) is 0. The highest BCUT2D eigenvalue weighted by atomic mass is 32.2. The van der Waals surface area contributed by atoms with E-state index in [1.807, 2.05) is 13.8 Å².